The Morgan fingerprint density at radius 2 is 1.81 bits per heavy atom. The number of methoxy groups -OCH3 is 2. The fraction of sp³-hybridized carbons (Fsp3) is 0.208. The van der Waals surface area contributed by atoms with E-state index in [4.69, 9.17) is 19.4 Å². The Balaban J connectivity index is 1.66. The van der Waals surface area contributed by atoms with E-state index < -0.39 is 0 Å². The molecule has 0 saturated heterocycles. The van der Waals surface area contributed by atoms with Crippen LogP contribution in [0.1, 0.15) is 32.3 Å². The third-order valence-electron chi connectivity index (χ3n) is 5.09. The average molecular weight is 434 g/mol. The molecule has 31 heavy (non-hydrogen) atoms. The highest BCUT2D eigenvalue weighted by molar-refractivity contribution is 7.20. The number of aryl methyl sites for hydroxylation is 2. The van der Waals surface area contributed by atoms with E-state index in [1.54, 1.807) is 32.4 Å². The molecule has 0 atom stereocenters. The Morgan fingerprint density at radius 3 is 2.52 bits per heavy atom. The lowest BCUT2D eigenvalue weighted by molar-refractivity contribution is 0.102. The number of amides is 1. The molecular formula is C24H23N3O3S. The second-order valence-electron chi connectivity index (χ2n) is 7.14. The molecular weight excluding hydrogens is 410 g/mol. The van der Waals surface area contributed by atoms with Gasteiger partial charge < -0.3 is 14.8 Å². The second kappa shape index (κ2) is 8.73. The number of benzene rings is 2. The second-order valence-corrected chi connectivity index (χ2v) is 8.14. The van der Waals surface area contributed by atoms with Gasteiger partial charge in [0, 0.05) is 17.9 Å². The van der Waals surface area contributed by atoms with E-state index in [9.17, 15) is 4.79 Å². The van der Waals surface area contributed by atoms with Gasteiger partial charge in [0.2, 0.25) is 0 Å². The molecule has 0 aliphatic carbocycles. The first-order chi connectivity index (χ1) is 15.0. The summed E-state index contributed by atoms with van der Waals surface area (Å²) >= 11 is 1.38. The Morgan fingerprint density at radius 1 is 1.03 bits per heavy atom. The number of aromatic nitrogens is 2. The molecule has 2 aromatic heterocycles. The van der Waals surface area contributed by atoms with Crippen LogP contribution in [0.2, 0.25) is 0 Å². The van der Waals surface area contributed by atoms with Gasteiger partial charge >= 0.3 is 0 Å². The lowest BCUT2D eigenvalue weighted by Gasteiger charge is -2.11. The molecule has 0 fully saturated rings. The van der Waals surface area contributed by atoms with Crippen molar-refractivity contribution in [3.63, 3.8) is 0 Å². The number of rotatable bonds is 6. The predicted octanol–water partition coefficient (Wildman–Crippen LogP) is 5.17. The normalized spacial score (nSPS) is 10.8. The minimum atomic E-state index is -0.201. The van der Waals surface area contributed by atoms with Crippen LogP contribution in [0.15, 0.2) is 48.5 Å². The van der Waals surface area contributed by atoms with Crippen molar-refractivity contribution >= 4 is 33.1 Å². The van der Waals surface area contributed by atoms with Crippen molar-refractivity contribution < 1.29 is 14.3 Å². The van der Waals surface area contributed by atoms with E-state index in [2.05, 4.69) is 17.4 Å². The van der Waals surface area contributed by atoms with Gasteiger partial charge in [0.05, 0.1) is 30.5 Å². The van der Waals surface area contributed by atoms with E-state index in [0.717, 1.165) is 32.9 Å². The van der Waals surface area contributed by atoms with Gasteiger partial charge in [0.15, 0.2) is 0 Å². The topological polar surface area (TPSA) is 73.3 Å². The molecule has 158 valence electrons. The number of anilines is 1. The van der Waals surface area contributed by atoms with Crippen LogP contribution in [0, 0.1) is 13.8 Å². The summed E-state index contributed by atoms with van der Waals surface area (Å²) in [5.41, 5.74) is 3.50. The number of fused-ring (bicyclic) bond motifs is 1. The maximum absolute atomic E-state index is 13.1. The highest BCUT2D eigenvalue weighted by Crippen LogP contribution is 2.34. The first kappa shape index (κ1) is 20.8. The van der Waals surface area contributed by atoms with Crippen molar-refractivity contribution in [3.05, 3.63) is 76.1 Å². The van der Waals surface area contributed by atoms with Gasteiger partial charge in [0.25, 0.3) is 5.91 Å². The molecule has 1 amide bonds. The van der Waals surface area contributed by atoms with Crippen LogP contribution in [0.4, 0.5) is 5.69 Å². The van der Waals surface area contributed by atoms with Crippen molar-refractivity contribution in [1.82, 2.24) is 9.97 Å². The number of hydrogen-bond donors (Lipinski definition) is 1. The summed E-state index contributed by atoms with van der Waals surface area (Å²) < 4.78 is 10.6. The minimum absolute atomic E-state index is 0.201. The Labute approximate surface area is 184 Å². The van der Waals surface area contributed by atoms with Crippen LogP contribution >= 0.6 is 11.3 Å². The van der Waals surface area contributed by atoms with Crippen LogP contribution in [-0.4, -0.2) is 30.1 Å². The first-order valence-electron chi connectivity index (χ1n) is 9.84. The van der Waals surface area contributed by atoms with Crippen LogP contribution in [0.5, 0.6) is 11.5 Å². The zero-order valence-electron chi connectivity index (χ0n) is 17.9. The maximum Gasteiger partial charge on any atom is 0.266 e. The number of hydrogen-bond acceptors (Lipinski definition) is 6. The monoisotopic (exact) mass is 433 g/mol. The Kier molecular flexibility index (Phi) is 5.86. The third-order valence-corrected chi connectivity index (χ3v) is 6.27. The minimum Gasteiger partial charge on any atom is -0.497 e. The summed E-state index contributed by atoms with van der Waals surface area (Å²) in [5, 5.41) is 3.89. The maximum atomic E-state index is 13.1. The fourth-order valence-electron chi connectivity index (χ4n) is 3.55. The van der Waals surface area contributed by atoms with Gasteiger partial charge in [-0.05, 0) is 37.1 Å². The molecule has 2 heterocycles. The van der Waals surface area contributed by atoms with Crippen LogP contribution in [0.3, 0.4) is 0 Å². The van der Waals surface area contributed by atoms with Gasteiger partial charge in [0.1, 0.15) is 22.2 Å². The summed E-state index contributed by atoms with van der Waals surface area (Å²) in [7, 11) is 3.14. The Hall–Kier alpha value is -3.45. The summed E-state index contributed by atoms with van der Waals surface area (Å²) in [6.07, 6.45) is 0.652. The number of nitrogens with zero attached hydrogens (tertiary/aromatic N) is 2. The first-order valence-corrected chi connectivity index (χ1v) is 10.7. The highest BCUT2D eigenvalue weighted by Gasteiger charge is 2.20. The lowest BCUT2D eigenvalue weighted by Crippen LogP contribution is -2.12. The van der Waals surface area contributed by atoms with Gasteiger partial charge in [-0.2, -0.15) is 0 Å². The van der Waals surface area contributed by atoms with Crippen molar-refractivity contribution in [2.45, 2.75) is 20.3 Å². The van der Waals surface area contributed by atoms with Gasteiger partial charge in [-0.3, -0.25) is 4.79 Å². The fourth-order valence-corrected chi connectivity index (χ4v) is 4.70. The molecule has 7 heteroatoms. The molecule has 0 bridgehead atoms. The van der Waals surface area contributed by atoms with Crippen molar-refractivity contribution in [2.75, 3.05) is 19.5 Å². The van der Waals surface area contributed by atoms with Gasteiger partial charge in [-0.1, -0.05) is 30.3 Å². The van der Waals surface area contributed by atoms with Crippen molar-refractivity contribution in [3.8, 4) is 11.5 Å². The van der Waals surface area contributed by atoms with E-state index in [1.807, 2.05) is 32.0 Å². The van der Waals surface area contributed by atoms with Gasteiger partial charge in [-0.25, -0.2) is 9.97 Å². The van der Waals surface area contributed by atoms with E-state index in [1.165, 1.54) is 11.3 Å². The molecule has 6 nitrogen and oxygen atoms in total. The van der Waals surface area contributed by atoms with Crippen molar-refractivity contribution in [1.29, 1.82) is 0 Å². The summed E-state index contributed by atoms with van der Waals surface area (Å²) in [6.45, 7) is 3.90. The molecule has 0 spiro atoms. The molecule has 0 unspecified atom stereocenters. The molecule has 4 rings (SSSR count). The quantitative estimate of drug-likeness (QED) is 0.454. The summed E-state index contributed by atoms with van der Waals surface area (Å²) in [4.78, 5) is 23.9. The predicted molar refractivity (Wildman–Crippen MR) is 124 cm³/mol. The van der Waals surface area contributed by atoms with E-state index in [0.29, 0.717) is 28.5 Å². The number of nitrogens with one attached hydrogen (secondary N) is 1. The molecule has 0 aliphatic heterocycles. The van der Waals surface area contributed by atoms with Crippen molar-refractivity contribution in [2.24, 2.45) is 0 Å². The van der Waals surface area contributed by atoms with E-state index in [-0.39, 0.29) is 5.91 Å². The smallest absolute Gasteiger partial charge is 0.266 e. The van der Waals surface area contributed by atoms with Crippen LogP contribution in [-0.2, 0) is 6.42 Å². The zero-order valence-corrected chi connectivity index (χ0v) is 18.7. The standard InChI is InChI=1S/C24H23N3O3S/c1-14-21-15(2)25-20(12-16-8-6-5-7-9-16)27-24(21)31-22(14)23(28)26-18-11-10-17(29-3)13-19(18)30-4/h5-11,13H,12H2,1-4H3,(H,26,28). The summed E-state index contributed by atoms with van der Waals surface area (Å²) in [6, 6.07) is 15.4. The molecule has 2 aromatic carbocycles. The van der Waals surface area contributed by atoms with Crippen LogP contribution in [0.25, 0.3) is 10.2 Å². The highest BCUT2D eigenvalue weighted by atomic mass is 32.1. The SMILES string of the molecule is COc1ccc(NC(=O)c2sc3nc(Cc4ccccc4)nc(C)c3c2C)c(OC)c1. The molecule has 0 radical (unpaired) electrons. The number of ether oxygens (including phenoxy) is 2. The number of carbonyl (C=O) groups excluding carboxylic acids is 1. The average Bonchev–Trinajstić information content (AvgIpc) is 3.11. The number of thiophene rings is 1. The van der Waals surface area contributed by atoms with Crippen LogP contribution < -0.4 is 14.8 Å². The zero-order chi connectivity index (χ0) is 22.0. The molecule has 4 aromatic rings. The third kappa shape index (κ3) is 4.22. The molecule has 0 saturated carbocycles. The summed E-state index contributed by atoms with van der Waals surface area (Å²) in [5.74, 6) is 1.74. The lowest BCUT2D eigenvalue weighted by atomic mass is 10.1. The molecule has 0 aliphatic rings. The Bertz CT molecular complexity index is 1250. The molecule has 1 N–H and O–H groups in total. The number of carbonyl (C=O) groups is 1. The van der Waals surface area contributed by atoms with Gasteiger partial charge in [-0.15, -0.1) is 11.3 Å². The van der Waals surface area contributed by atoms with E-state index >= 15 is 0 Å². The largest absolute Gasteiger partial charge is 0.497 e.